The number of nitrogens with zero attached hydrogens (tertiary/aromatic N) is 4. The third-order valence-corrected chi connectivity index (χ3v) is 3.23. The van der Waals surface area contributed by atoms with Crippen LogP contribution in [-0.2, 0) is 0 Å². The second kappa shape index (κ2) is 6.51. The minimum absolute atomic E-state index is 0.176. The van der Waals surface area contributed by atoms with Crippen LogP contribution in [0.25, 0.3) is 0 Å². The molecule has 7 heteroatoms. The van der Waals surface area contributed by atoms with Crippen molar-refractivity contribution < 1.29 is 4.74 Å². The van der Waals surface area contributed by atoms with Gasteiger partial charge in [-0.15, -0.1) is 0 Å². The van der Waals surface area contributed by atoms with E-state index in [9.17, 15) is 0 Å². The molecular weight excluding hydrogens is 244 g/mol. The Bertz CT molecular complexity index is 407. The van der Waals surface area contributed by atoms with E-state index in [0.29, 0.717) is 18.6 Å². The van der Waals surface area contributed by atoms with Gasteiger partial charge in [-0.25, -0.2) is 0 Å². The molecule has 0 radical (unpaired) electrons. The molecule has 3 N–H and O–H groups in total. The molecule has 1 unspecified atom stereocenters. The molecule has 1 aliphatic rings. The number of anilines is 2. The number of hydrogen-bond donors (Lipinski definition) is 2. The van der Waals surface area contributed by atoms with Crippen molar-refractivity contribution in [3.63, 3.8) is 0 Å². The smallest absolute Gasteiger partial charge is 0.323 e. The number of ether oxygens (including phenoxy) is 1. The molecule has 7 nitrogen and oxygen atoms in total. The number of likely N-dealkylation sites (tertiary alicyclic amines) is 1. The summed E-state index contributed by atoms with van der Waals surface area (Å²) in [6.45, 7) is 7.72. The van der Waals surface area contributed by atoms with Crippen molar-refractivity contribution in [1.29, 1.82) is 0 Å². The van der Waals surface area contributed by atoms with Crippen LogP contribution in [0.3, 0.4) is 0 Å². The number of rotatable bonds is 6. The summed E-state index contributed by atoms with van der Waals surface area (Å²) in [5.41, 5.74) is 5.63. The minimum Gasteiger partial charge on any atom is -0.464 e. The normalized spacial score (nSPS) is 17.4. The van der Waals surface area contributed by atoms with Crippen molar-refractivity contribution in [1.82, 2.24) is 19.9 Å². The highest BCUT2D eigenvalue weighted by atomic mass is 16.5. The molecule has 19 heavy (non-hydrogen) atoms. The van der Waals surface area contributed by atoms with Crippen LogP contribution < -0.4 is 15.8 Å². The molecule has 1 aromatic rings. The Kier molecular flexibility index (Phi) is 4.73. The Morgan fingerprint density at radius 2 is 2.05 bits per heavy atom. The van der Waals surface area contributed by atoms with Crippen molar-refractivity contribution in [2.24, 2.45) is 0 Å². The van der Waals surface area contributed by atoms with Gasteiger partial charge in [0.2, 0.25) is 11.9 Å². The van der Waals surface area contributed by atoms with Crippen molar-refractivity contribution in [2.75, 3.05) is 37.3 Å². The highest BCUT2D eigenvalue weighted by Gasteiger charge is 2.18. The highest BCUT2D eigenvalue weighted by Crippen LogP contribution is 2.13. The monoisotopic (exact) mass is 266 g/mol. The SMILES string of the molecule is CCOc1nc(N)nc(NCC(C)N2CCCC2)n1. The van der Waals surface area contributed by atoms with Crippen LogP contribution in [0.5, 0.6) is 6.01 Å². The maximum atomic E-state index is 5.63. The molecule has 0 bridgehead atoms. The fourth-order valence-corrected chi connectivity index (χ4v) is 2.20. The molecule has 1 aromatic heterocycles. The molecule has 0 saturated carbocycles. The zero-order valence-electron chi connectivity index (χ0n) is 11.6. The van der Waals surface area contributed by atoms with Gasteiger partial charge < -0.3 is 15.8 Å². The summed E-state index contributed by atoms with van der Waals surface area (Å²) < 4.78 is 5.24. The zero-order valence-corrected chi connectivity index (χ0v) is 11.6. The van der Waals surface area contributed by atoms with Gasteiger partial charge in [-0.1, -0.05) is 0 Å². The Morgan fingerprint density at radius 3 is 2.74 bits per heavy atom. The van der Waals surface area contributed by atoms with Gasteiger partial charge >= 0.3 is 6.01 Å². The lowest BCUT2D eigenvalue weighted by molar-refractivity contribution is 0.268. The number of aromatic nitrogens is 3. The molecule has 2 rings (SSSR count). The van der Waals surface area contributed by atoms with Gasteiger partial charge in [-0.2, -0.15) is 15.0 Å². The minimum atomic E-state index is 0.176. The summed E-state index contributed by atoms with van der Waals surface area (Å²) in [5.74, 6) is 0.650. The lowest BCUT2D eigenvalue weighted by Gasteiger charge is -2.23. The number of nitrogens with two attached hydrogens (primary N) is 1. The van der Waals surface area contributed by atoms with E-state index in [4.69, 9.17) is 10.5 Å². The maximum Gasteiger partial charge on any atom is 0.323 e. The van der Waals surface area contributed by atoms with Crippen LogP contribution in [0.4, 0.5) is 11.9 Å². The van der Waals surface area contributed by atoms with E-state index in [1.807, 2.05) is 6.92 Å². The topological polar surface area (TPSA) is 89.2 Å². The molecule has 2 heterocycles. The van der Waals surface area contributed by atoms with E-state index >= 15 is 0 Å². The maximum absolute atomic E-state index is 5.63. The Hall–Kier alpha value is -1.63. The lowest BCUT2D eigenvalue weighted by Crippen LogP contribution is -2.35. The van der Waals surface area contributed by atoms with E-state index in [1.165, 1.54) is 25.9 Å². The predicted molar refractivity (Wildman–Crippen MR) is 74.2 cm³/mol. The van der Waals surface area contributed by atoms with E-state index < -0.39 is 0 Å². The first-order valence-electron chi connectivity index (χ1n) is 6.81. The van der Waals surface area contributed by atoms with Crippen molar-refractivity contribution in [3.8, 4) is 6.01 Å². The molecule has 1 saturated heterocycles. The number of nitrogens with one attached hydrogen (secondary N) is 1. The van der Waals surface area contributed by atoms with Gasteiger partial charge in [0, 0.05) is 12.6 Å². The second-order valence-electron chi connectivity index (χ2n) is 4.71. The van der Waals surface area contributed by atoms with Crippen LogP contribution in [0.2, 0.25) is 0 Å². The summed E-state index contributed by atoms with van der Waals surface area (Å²) in [4.78, 5) is 14.6. The summed E-state index contributed by atoms with van der Waals surface area (Å²) in [5, 5.41) is 3.20. The van der Waals surface area contributed by atoms with Crippen molar-refractivity contribution >= 4 is 11.9 Å². The Morgan fingerprint density at radius 1 is 1.32 bits per heavy atom. The fourth-order valence-electron chi connectivity index (χ4n) is 2.20. The zero-order chi connectivity index (χ0) is 13.7. The molecule has 0 aromatic carbocycles. The molecule has 0 spiro atoms. The first-order chi connectivity index (χ1) is 9.19. The van der Waals surface area contributed by atoms with Crippen LogP contribution in [0, 0.1) is 0 Å². The third kappa shape index (κ3) is 3.92. The predicted octanol–water partition coefficient (Wildman–Crippen LogP) is 0.749. The quantitative estimate of drug-likeness (QED) is 0.785. The van der Waals surface area contributed by atoms with Gasteiger partial charge in [0.15, 0.2) is 0 Å². The fraction of sp³-hybridized carbons (Fsp3) is 0.750. The van der Waals surface area contributed by atoms with E-state index in [1.54, 1.807) is 0 Å². The van der Waals surface area contributed by atoms with Gasteiger partial charge in [0.05, 0.1) is 6.61 Å². The molecule has 106 valence electrons. The molecule has 1 fully saturated rings. The third-order valence-electron chi connectivity index (χ3n) is 3.23. The van der Waals surface area contributed by atoms with Crippen LogP contribution in [0.15, 0.2) is 0 Å². The van der Waals surface area contributed by atoms with Gasteiger partial charge in [0.1, 0.15) is 0 Å². The standard InChI is InChI=1S/C12H22N6O/c1-3-19-12-16-10(13)15-11(17-12)14-8-9(2)18-6-4-5-7-18/h9H,3-8H2,1-2H3,(H3,13,14,15,16,17). The summed E-state index contributed by atoms with van der Waals surface area (Å²) in [6, 6.07) is 0.724. The van der Waals surface area contributed by atoms with Crippen LogP contribution in [0.1, 0.15) is 26.7 Å². The average molecular weight is 266 g/mol. The van der Waals surface area contributed by atoms with Gasteiger partial charge in [-0.05, 0) is 39.8 Å². The summed E-state index contributed by atoms with van der Waals surface area (Å²) >= 11 is 0. The highest BCUT2D eigenvalue weighted by molar-refractivity contribution is 5.32. The average Bonchev–Trinajstić information content (AvgIpc) is 2.89. The first-order valence-corrected chi connectivity index (χ1v) is 6.81. The number of nitrogen functional groups attached to an aromatic ring is 1. The van der Waals surface area contributed by atoms with E-state index in [0.717, 1.165) is 6.54 Å². The van der Waals surface area contributed by atoms with Crippen LogP contribution >= 0.6 is 0 Å². The van der Waals surface area contributed by atoms with E-state index in [-0.39, 0.29) is 12.0 Å². The lowest BCUT2D eigenvalue weighted by atomic mass is 10.3. The van der Waals surface area contributed by atoms with Gasteiger partial charge in [-0.3, -0.25) is 4.90 Å². The Balaban J connectivity index is 1.90. The van der Waals surface area contributed by atoms with E-state index in [2.05, 4.69) is 32.1 Å². The summed E-state index contributed by atoms with van der Waals surface area (Å²) in [6.07, 6.45) is 2.58. The second-order valence-corrected chi connectivity index (χ2v) is 4.71. The molecular formula is C12H22N6O. The molecule has 1 atom stereocenters. The van der Waals surface area contributed by atoms with Crippen molar-refractivity contribution in [2.45, 2.75) is 32.7 Å². The Labute approximate surface area is 113 Å². The number of hydrogen-bond acceptors (Lipinski definition) is 7. The molecule has 0 aliphatic carbocycles. The van der Waals surface area contributed by atoms with Gasteiger partial charge in [0.25, 0.3) is 0 Å². The first kappa shape index (κ1) is 13.8. The summed E-state index contributed by atoms with van der Waals surface area (Å²) in [7, 11) is 0. The largest absolute Gasteiger partial charge is 0.464 e. The molecule has 0 amide bonds. The van der Waals surface area contributed by atoms with Crippen molar-refractivity contribution in [3.05, 3.63) is 0 Å². The molecule has 1 aliphatic heterocycles. The van der Waals surface area contributed by atoms with Crippen LogP contribution in [-0.4, -0.2) is 52.1 Å².